The van der Waals surface area contributed by atoms with Gasteiger partial charge in [-0.3, -0.25) is 19.6 Å². The highest BCUT2D eigenvalue weighted by atomic mass is 16.5. The number of fused-ring (bicyclic) bond motifs is 1. The SMILES string of the molecule is COc1cc(C(=O)NC2CN(C(=O)c3ccncc3)C2)c2ncccc2c1. The first-order chi connectivity index (χ1) is 13.2. The van der Waals surface area contributed by atoms with Crippen LogP contribution in [0.15, 0.2) is 55.0 Å². The molecule has 1 saturated heterocycles. The van der Waals surface area contributed by atoms with Crippen molar-refractivity contribution < 1.29 is 14.3 Å². The summed E-state index contributed by atoms with van der Waals surface area (Å²) in [6, 6.07) is 10.5. The lowest BCUT2D eigenvalue weighted by Gasteiger charge is -2.39. The van der Waals surface area contributed by atoms with Crippen molar-refractivity contribution in [2.24, 2.45) is 0 Å². The lowest BCUT2D eigenvalue weighted by atomic mass is 10.0. The number of hydrogen-bond acceptors (Lipinski definition) is 5. The zero-order valence-corrected chi connectivity index (χ0v) is 14.8. The number of ether oxygens (including phenoxy) is 1. The Morgan fingerprint density at radius 1 is 1.15 bits per heavy atom. The standard InChI is InChI=1S/C20H18N4O3/c1-27-16-9-14-3-2-6-22-18(14)17(10-16)19(25)23-15-11-24(12-15)20(26)13-4-7-21-8-5-13/h2-10,15H,11-12H2,1H3,(H,23,25). The highest BCUT2D eigenvalue weighted by Crippen LogP contribution is 2.24. The molecule has 7 heteroatoms. The molecule has 2 aromatic heterocycles. The molecule has 1 aromatic carbocycles. The minimum absolute atomic E-state index is 0.0589. The van der Waals surface area contributed by atoms with E-state index in [0.717, 1.165) is 5.39 Å². The van der Waals surface area contributed by atoms with Crippen LogP contribution < -0.4 is 10.1 Å². The van der Waals surface area contributed by atoms with E-state index in [1.807, 2.05) is 18.2 Å². The molecule has 27 heavy (non-hydrogen) atoms. The first-order valence-electron chi connectivity index (χ1n) is 8.58. The monoisotopic (exact) mass is 362 g/mol. The zero-order chi connectivity index (χ0) is 18.8. The summed E-state index contributed by atoms with van der Waals surface area (Å²) in [5, 5.41) is 3.81. The summed E-state index contributed by atoms with van der Waals surface area (Å²) in [5.41, 5.74) is 1.68. The molecule has 136 valence electrons. The molecule has 0 spiro atoms. The third-order valence-electron chi connectivity index (χ3n) is 4.59. The van der Waals surface area contributed by atoms with Gasteiger partial charge in [0, 0.05) is 42.6 Å². The van der Waals surface area contributed by atoms with Crippen molar-refractivity contribution in [1.82, 2.24) is 20.2 Å². The molecule has 2 amide bonds. The van der Waals surface area contributed by atoms with Gasteiger partial charge in [0.2, 0.25) is 0 Å². The van der Waals surface area contributed by atoms with Crippen molar-refractivity contribution in [3.05, 3.63) is 66.1 Å². The molecule has 0 unspecified atom stereocenters. The van der Waals surface area contributed by atoms with E-state index in [1.165, 1.54) is 0 Å². The Hall–Kier alpha value is -3.48. The summed E-state index contributed by atoms with van der Waals surface area (Å²) in [7, 11) is 1.56. The largest absolute Gasteiger partial charge is 0.497 e. The van der Waals surface area contributed by atoms with Crippen LogP contribution in [0, 0.1) is 0 Å². The first-order valence-corrected chi connectivity index (χ1v) is 8.58. The number of aromatic nitrogens is 2. The third-order valence-corrected chi connectivity index (χ3v) is 4.59. The molecule has 1 N–H and O–H groups in total. The minimum atomic E-state index is -0.224. The number of rotatable bonds is 4. The van der Waals surface area contributed by atoms with E-state index < -0.39 is 0 Å². The Morgan fingerprint density at radius 3 is 2.67 bits per heavy atom. The molecular formula is C20H18N4O3. The maximum absolute atomic E-state index is 12.8. The number of likely N-dealkylation sites (tertiary alicyclic amines) is 1. The highest BCUT2D eigenvalue weighted by Gasteiger charge is 2.32. The number of carbonyl (C=O) groups is 2. The quantitative estimate of drug-likeness (QED) is 0.766. The van der Waals surface area contributed by atoms with Gasteiger partial charge in [-0.15, -0.1) is 0 Å². The van der Waals surface area contributed by atoms with E-state index in [1.54, 1.807) is 48.8 Å². The Kier molecular flexibility index (Phi) is 4.42. The molecule has 0 saturated carbocycles. The molecule has 0 bridgehead atoms. The summed E-state index contributed by atoms with van der Waals surface area (Å²) < 4.78 is 5.29. The molecule has 0 aliphatic carbocycles. The van der Waals surface area contributed by atoms with Crippen molar-refractivity contribution in [1.29, 1.82) is 0 Å². The summed E-state index contributed by atoms with van der Waals surface area (Å²) in [6.07, 6.45) is 4.84. The first kappa shape index (κ1) is 17.0. The van der Waals surface area contributed by atoms with E-state index >= 15 is 0 Å². The van der Waals surface area contributed by atoms with Crippen molar-refractivity contribution >= 4 is 22.7 Å². The van der Waals surface area contributed by atoms with Crippen LogP contribution in [-0.4, -0.2) is 52.9 Å². The summed E-state index contributed by atoms with van der Waals surface area (Å²) in [4.78, 5) is 35.0. The Labute approximate surface area is 156 Å². The molecule has 1 aliphatic heterocycles. The number of nitrogens with one attached hydrogen (secondary N) is 1. The number of methoxy groups -OCH3 is 1. The molecule has 1 fully saturated rings. The molecule has 3 heterocycles. The fraction of sp³-hybridized carbons (Fsp3) is 0.200. The topological polar surface area (TPSA) is 84.4 Å². The van der Waals surface area contributed by atoms with Gasteiger partial charge in [0.1, 0.15) is 5.75 Å². The van der Waals surface area contributed by atoms with E-state index in [4.69, 9.17) is 4.74 Å². The van der Waals surface area contributed by atoms with Crippen LogP contribution in [0.2, 0.25) is 0 Å². The summed E-state index contributed by atoms with van der Waals surface area (Å²) >= 11 is 0. The number of amides is 2. The van der Waals surface area contributed by atoms with Crippen LogP contribution in [0.5, 0.6) is 5.75 Å². The van der Waals surface area contributed by atoms with Crippen molar-refractivity contribution in [3.63, 3.8) is 0 Å². The maximum Gasteiger partial charge on any atom is 0.254 e. The minimum Gasteiger partial charge on any atom is -0.497 e. The predicted molar refractivity (Wildman–Crippen MR) is 99.7 cm³/mol. The van der Waals surface area contributed by atoms with Crippen LogP contribution in [-0.2, 0) is 0 Å². The molecule has 7 nitrogen and oxygen atoms in total. The van der Waals surface area contributed by atoms with E-state index in [-0.39, 0.29) is 17.9 Å². The average molecular weight is 362 g/mol. The van der Waals surface area contributed by atoms with Gasteiger partial charge >= 0.3 is 0 Å². The number of nitrogens with zero attached hydrogens (tertiary/aromatic N) is 3. The number of carbonyl (C=O) groups excluding carboxylic acids is 2. The molecule has 3 aromatic rings. The molecule has 0 atom stereocenters. The Morgan fingerprint density at radius 2 is 1.93 bits per heavy atom. The predicted octanol–water partition coefficient (Wildman–Crippen LogP) is 1.89. The average Bonchev–Trinajstić information content (AvgIpc) is 2.69. The molecular weight excluding hydrogens is 344 g/mol. The summed E-state index contributed by atoms with van der Waals surface area (Å²) in [5.74, 6) is 0.318. The van der Waals surface area contributed by atoms with Crippen LogP contribution in [0.4, 0.5) is 0 Å². The van der Waals surface area contributed by atoms with Crippen LogP contribution in [0.1, 0.15) is 20.7 Å². The van der Waals surface area contributed by atoms with Gasteiger partial charge in [-0.25, -0.2) is 0 Å². The zero-order valence-electron chi connectivity index (χ0n) is 14.8. The molecule has 1 aliphatic rings. The normalized spacial score (nSPS) is 13.9. The molecule has 4 rings (SSSR count). The second-order valence-electron chi connectivity index (χ2n) is 6.37. The highest BCUT2D eigenvalue weighted by molar-refractivity contribution is 6.06. The Balaban J connectivity index is 1.45. The van der Waals surface area contributed by atoms with Crippen LogP contribution in [0.25, 0.3) is 10.9 Å². The number of benzene rings is 1. The van der Waals surface area contributed by atoms with Crippen LogP contribution in [0.3, 0.4) is 0 Å². The van der Waals surface area contributed by atoms with Crippen LogP contribution >= 0.6 is 0 Å². The maximum atomic E-state index is 12.8. The fourth-order valence-corrected chi connectivity index (χ4v) is 3.13. The van der Waals surface area contributed by atoms with E-state index in [9.17, 15) is 9.59 Å². The van der Waals surface area contributed by atoms with Crippen molar-refractivity contribution in [2.75, 3.05) is 20.2 Å². The van der Waals surface area contributed by atoms with E-state index in [0.29, 0.717) is 35.5 Å². The lowest BCUT2D eigenvalue weighted by Crippen LogP contribution is -2.61. The second kappa shape index (κ2) is 7.03. The van der Waals surface area contributed by atoms with Crippen molar-refractivity contribution in [2.45, 2.75) is 6.04 Å². The fourth-order valence-electron chi connectivity index (χ4n) is 3.13. The van der Waals surface area contributed by atoms with Gasteiger partial charge in [0.25, 0.3) is 11.8 Å². The third kappa shape index (κ3) is 3.31. The van der Waals surface area contributed by atoms with Gasteiger partial charge < -0.3 is 15.0 Å². The van der Waals surface area contributed by atoms with Gasteiger partial charge in [-0.2, -0.15) is 0 Å². The van der Waals surface area contributed by atoms with Crippen molar-refractivity contribution in [3.8, 4) is 5.75 Å². The van der Waals surface area contributed by atoms with Gasteiger partial charge in [0.05, 0.1) is 24.2 Å². The molecule has 0 radical (unpaired) electrons. The second-order valence-corrected chi connectivity index (χ2v) is 6.37. The lowest BCUT2D eigenvalue weighted by molar-refractivity contribution is 0.0542. The summed E-state index contributed by atoms with van der Waals surface area (Å²) in [6.45, 7) is 0.949. The number of pyridine rings is 2. The smallest absolute Gasteiger partial charge is 0.254 e. The number of hydrogen-bond donors (Lipinski definition) is 1. The van der Waals surface area contributed by atoms with Gasteiger partial charge in [-0.1, -0.05) is 6.07 Å². The van der Waals surface area contributed by atoms with Gasteiger partial charge in [-0.05, 0) is 30.3 Å². The van der Waals surface area contributed by atoms with Gasteiger partial charge in [0.15, 0.2) is 0 Å². The Bertz CT molecular complexity index is 1000. The van der Waals surface area contributed by atoms with E-state index in [2.05, 4.69) is 15.3 Å².